The molecule has 0 radical (unpaired) electrons. The van der Waals surface area contributed by atoms with Gasteiger partial charge in [0.05, 0.1) is 27.1 Å². The molecule has 7 aromatic carbocycles. The average Bonchev–Trinajstić information content (AvgIpc) is 3.82. The predicted octanol–water partition coefficient (Wildman–Crippen LogP) is 11.7. The van der Waals surface area contributed by atoms with E-state index >= 15 is 0 Å². The van der Waals surface area contributed by atoms with E-state index in [0.29, 0.717) is 0 Å². The standard InChI is InChI=1S/C57H55BN2Si2/c1-32-33(2)59-48-26-25-45-54-50(48)58(49-37-20-14-13-19-34(37)27-40(32)53(49)59)47-31-36(62(11,12)56(6,7)8)29-42-41-28-35(61(9,10)55(3,4)5)30-46(51(41)60(54)52(42)47)57(45)43-23-17-15-21-38(43)39-22-16-18-24-44(39)57/h13-31H,1-12H3. The predicted molar refractivity (Wildman–Crippen MR) is 274 cm³/mol. The van der Waals surface area contributed by atoms with E-state index in [-0.39, 0.29) is 16.8 Å². The maximum absolute atomic E-state index is 2.82. The summed E-state index contributed by atoms with van der Waals surface area (Å²) in [7, 11) is -4.09. The molecule has 0 atom stereocenters. The van der Waals surface area contributed by atoms with Crippen LogP contribution in [0.1, 0.15) is 75.1 Å². The summed E-state index contributed by atoms with van der Waals surface area (Å²) >= 11 is 0. The Kier molecular flexibility index (Phi) is 6.74. The minimum atomic E-state index is -2.05. The summed E-state index contributed by atoms with van der Waals surface area (Å²) in [6, 6.07) is 46.6. The Balaban J connectivity index is 1.34. The van der Waals surface area contributed by atoms with Crippen molar-refractivity contribution in [3.63, 3.8) is 0 Å². The van der Waals surface area contributed by atoms with Crippen molar-refractivity contribution in [3.8, 4) is 22.5 Å². The first-order valence-electron chi connectivity index (χ1n) is 23.0. The SMILES string of the molecule is Cc1c(C)n2c3c(c4ccccc4cc13)B1c3c-2ccc2c3-n3c4c1cc([Si](C)(C)C(C)(C)C)cc4c1cc([Si](C)(C)C(C)(C)C)cc(c13)C21c2ccccc2-c2ccccc21. The maximum atomic E-state index is 2.82. The van der Waals surface area contributed by atoms with Gasteiger partial charge in [0.15, 0.2) is 0 Å². The van der Waals surface area contributed by atoms with Crippen LogP contribution < -0.4 is 26.8 Å². The lowest BCUT2D eigenvalue weighted by atomic mass is 9.33. The molecule has 1 spiro atoms. The van der Waals surface area contributed by atoms with Crippen LogP contribution >= 0.6 is 0 Å². The van der Waals surface area contributed by atoms with E-state index < -0.39 is 21.6 Å². The van der Waals surface area contributed by atoms with Crippen LogP contribution in [0.25, 0.3) is 66.0 Å². The topological polar surface area (TPSA) is 9.86 Å². The molecule has 62 heavy (non-hydrogen) atoms. The van der Waals surface area contributed by atoms with Gasteiger partial charge in [-0.15, -0.1) is 0 Å². The highest BCUT2D eigenvalue weighted by molar-refractivity contribution is 7.02. The molecule has 5 heteroatoms. The van der Waals surface area contributed by atoms with E-state index in [0.717, 1.165) is 0 Å². The Bertz CT molecular complexity index is 3540. The summed E-state index contributed by atoms with van der Waals surface area (Å²) < 4.78 is 5.48. The van der Waals surface area contributed by atoms with E-state index in [1.54, 1.807) is 10.4 Å². The van der Waals surface area contributed by atoms with Gasteiger partial charge in [0.2, 0.25) is 0 Å². The van der Waals surface area contributed by atoms with Crippen molar-refractivity contribution in [1.82, 2.24) is 9.13 Å². The molecule has 0 bridgehead atoms. The Morgan fingerprint density at radius 2 is 1.08 bits per heavy atom. The summed E-state index contributed by atoms with van der Waals surface area (Å²) in [5.41, 5.74) is 22.2. The van der Waals surface area contributed by atoms with Gasteiger partial charge in [0.25, 0.3) is 6.71 Å². The molecule has 5 heterocycles. The van der Waals surface area contributed by atoms with Gasteiger partial charge in [0.1, 0.15) is 0 Å². The van der Waals surface area contributed by atoms with Gasteiger partial charge in [-0.1, -0.05) is 181 Å². The first-order chi connectivity index (χ1) is 29.4. The number of hydrogen-bond donors (Lipinski definition) is 0. The van der Waals surface area contributed by atoms with Crippen molar-refractivity contribution in [2.45, 2.75) is 97.1 Å². The smallest absolute Gasteiger partial charge is 0.253 e. The molecule has 304 valence electrons. The molecule has 0 saturated heterocycles. The first-order valence-corrected chi connectivity index (χ1v) is 29.0. The van der Waals surface area contributed by atoms with Gasteiger partial charge in [-0.25, -0.2) is 0 Å². The zero-order chi connectivity index (χ0) is 42.9. The van der Waals surface area contributed by atoms with Crippen molar-refractivity contribution in [3.05, 3.63) is 149 Å². The number of rotatable bonds is 2. The third kappa shape index (κ3) is 3.98. The fourth-order valence-corrected chi connectivity index (χ4v) is 16.4. The minimum absolute atomic E-state index is 0.0733. The zero-order valence-corrected chi connectivity index (χ0v) is 40.4. The monoisotopic (exact) mass is 834 g/mol. The van der Waals surface area contributed by atoms with Crippen LogP contribution in [0.4, 0.5) is 0 Å². The van der Waals surface area contributed by atoms with Crippen molar-refractivity contribution in [1.29, 1.82) is 0 Å². The molecule has 1 aliphatic carbocycles. The highest BCUT2D eigenvalue weighted by atomic mass is 28.3. The highest BCUT2D eigenvalue weighted by Gasteiger charge is 2.55. The number of aryl methyl sites for hydroxylation is 1. The summed E-state index contributed by atoms with van der Waals surface area (Å²) in [4.78, 5) is 0. The maximum Gasteiger partial charge on any atom is 0.253 e. The number of fused-ring (bicyclic) bond motifs is 13. The second-order valence-corrected chi connectivity index (χ2v) is 33.2. The Labute approximate surface area is 368 Å². The number of hydrogen-bond acceptors (Lipinski definition) is 0. The quantitative estimate of drug-likeness (QED) is 0.154. The van der Waals surface area contributed by atoms with Crippen LogP contribution in [0.3, 0.4) is 0 Å². The largest absolute Gasteiger partial charge is 0.315 e. The molecule has 2 aromatic heterocycles. The molecule has 0 unspecified atom stereocenters. The molecule has 4 aliphatic rings. The van der Waals surface area contributed by atoms with Crippen molar-refractivity contribution < 1.29 is 0 Å². The van der Waals surface area contributed by atoms with Crippen LogP contribution in [-0.4, -0.2) is 32.0 Å². The molecule has 2 nitrogen and oxygen atoms in total. The van der Waals surface area contributed by atoms with Crippen LogP contribution in [0, 0.1) is 13.8 Å². The summed E-state index contributed by atoms with van der Waals surface area (Å²) in [5, 5.41) is 10.5. The second kappa shape index (κ2) is 11.2. The second-order valence-electron chi connectivity index (χ2n) is 22.6. The normalized spacial score (nSPS) is 15.5. The Morgan fingerprint density at radius 3 is 1.73 bits per heavy atom. The fraction of sp³-hybridized carbons (Fsp3) is 0.263. The lowest BCUT2D eigenvalue weighted by Crippen LogP contribution is -2.62. The van der Waals surface area contributed by atoms with Gasteiger partial charge >= 0.3 is 0 Å². The minimum Gasteiger partial charge on any atom is -0.315 e. The van der Waals surface area contributed by atoms with Crippen molar-refractivity contribution in [2.24, 2.45) is 0 Å². The number of benzene rings is 7. The van der Waals surface area contributed by atoms with E-state index in [1.165, 1.54) is 116 Å². The number of aromatic nitrogens is 2. The van der Waals surface area contributed by atoms with Crippen LogP contribution in [0.5, 0.6) is 0 Å². The first kappa shape index (κ1) is 37.2. The molecular weight excluding hydrogens is 780 g/mol. The van der Waals surface area contributed by atoms with Crippen molar-refractivity contribution >= 4 is 93.1 Å². The van der Waals surface area contributed by atoms with E-state index in [2.05, 4.69) is 206 Å². The van der Waals surface area contributed by atoms with Crippen molar-refractivity contribution in [2.75, 3.05) is 0 Å². The lowest BCUT2D eigenvalue weighted by Gasteiger charge is -2.45. The molecular formula is C57H55BN2Si2. The zero-order valence-electron chi connectivity index (χ0n) is 38.4. The molecule has 0 saturated carbocycles. The van der Waals surface area contributed by atoms with Gasteiger partial charge in [0, 0.05) is 44.3 Å². The molecule has 0 amide bonds. The molecule has 0 N–H and O–H groups in total. The summed E-state index contributed by atoms with van der Waals surface area (Å²) in [5.74, 6) is 0. The van der Waals surface area contributed by atoms with Gasteiger partial charge in [-0.3, -0.25) is 0 Å². The average molecular weight is 835 g/mol. The third-order valence-electron chi connectivity index (χ3n) is 18.1. The van der Waals surface area contributed by atoms with Crippen LogP contribution in [-0.2, 0) is 5.41 Å². The van der Waals surface area contributed by atoms with Crippen LogP contribution in [0.2, 0.25) is 36.3 Å². The number of nitrogens with zero attached hydrogens (tertiary/aromatic N) is 2. The van der Waals surface area contributed by atoms with Gasteiger partial charge in [-0.2, -0.15) is 0 Å². The Morgan fingerprint density at radius 1 is 0.500 bits per heavy atom. The summed E-state index contributed by atoms with van der Waals surface area (Å²) in [6.07, 6.45) is 0. The molecule has 13 rings (SSSR count). The molecule has 9 aromatic rings. The highest BCUT2D eigenvalue weighted by Crippen LogP contribution is 2.61. The Hall–Kier alpha value is -5.36. The molecule has 0 fully saturated rings. The van der Waals surface area contributed by atoms with E-state index in [1.807, 2.05) is 0 Å². The fourth-order valence-electron chi connectivity index (χ4n) is 12.7. The van der Waals surface area contributed by atoms with E-state index in [9.17, 15) is 0 Å². The van der Waals surface area contributed by atoms with Crippen LogP contribution in [0.15, 0.2) is 115 Å². The van der Waals surface area contributed by atoms with Gasteiger partial charge < -0.3 is 9.13 Å². The third-order valence-corrected chi connectivity index (χ3v) is 29.0. The molecule has 3 aliphatic heterocycles. The lowest BCUT2D eigenvalue weighted by molar-refractivity contribution is 0.728. The summed E-state index contributed by atoms with van der Waals surface area (Å²) in [6.45, 7) is 30.2. The van der Waals surface area contributed by atoms with Gasteiger partial charge in [-0.05, 0) is 102 Å². The van der Waals surface area contributed by atoms with E-state index in [4.69, 9.17) is 0 Å².